The summed E-state index contributed by atoms with van der Waals surface area (Å²) in [6.45, 7) is 1.70. The van der Waals surface area contributed by atoms with Crippen LogP contribution in [0.25, 0.3) is 0 Å². The average molecular weight is 278 g/mol. The highest BCUT2D eigenvalue weighted by molar-refractivity contribution is 7.10. The molecule has 1 saturated heterocycles. The van der Waals surface area contributed by atoms with Crippen molar-refractivity contribution in [3.63, 3.8) is 0 Å². The van der Waals surface area contributed by atoms with Gasteiger partial charge in [-0.05, 0) is 17.9 Å². The van der Waals surface area contributed by atoms with E-state index >= 15 is 0 Å². The number of aromatic nitrogens is 1. The van der Waals surface area contributed by atoms with Crippen LogP contribution in [0.15, 0.2) is 29.1 Å². The second-order valence-corrected chi connectivity index (χ2v) is 6.41. The molecule has 1 amide bonds. The molecule has 3 heterocycles. The number of carbonyl (C=O) groups is 1. The monoisotopic (exact) mass is 278 g/mol. The van der Waals surface area contributed by atoms with Crippen LogP contribution in [-0.2, 0) is 11.2 Å². The van der Waals surface area contributed by atoms with Gasteiger partial charge in [-0.25, -0.2) is 4.98 Å². The van der Waals surface area contributed by atoms with E-state index in [2.05, 4.69) is 4.98 Å². The Bertz CT molecular complexity index is 507. The molecule has 0 N–H and O–H groups in total. The van der Waals surface area contributed by atoms with E-state index in [-0.39, 0.29) is 5.91 Å². The molecule has 3 rings (SSSR count). The lowest BCUT2D eigenvalue weighted by Crippen LogP contribution is -2.29. The number of likely N-dealkylation sites (tertiary alicyclic amines) is 1. The van der Waals surface area contributed by atoms with Gasteiger partial charge in [0, 0.05) is 35.5 Å². The first kappa shape index (κ1) is 11.9. The topological polar surface area (TPSA) is 33.2 Å². The summed E-state index contributed by atoms with van der Waals surface area (Å²) in [5.41, 5.74) is 0. The van der Waals surface area contributed by atoms with Crippen LogP contribution in [0, 0.1) is 0 Å². The van der Waals surface area contributed by atoms with E-state index in [1.54, 1.807) is 22.7 Å². The fourth-order valence-electron chi connectivity index (χ4n) is 2.30. The number of hydrogen-bond donors (Lipinski definition) is 0. The third-order valence-corrected chi connectivity index (χ3v) is 5.06. The fraction of sp³-hybridized carbons (Fsp3) is 0.385. The zero-order chi connectivity index (χ0) is 12.4. The van der Waals surface area contributed by atoms with Crippen LogP contribution < -0.4 is 0 Å². The predicted octanol–water partition coefficient (Wildman–Crippen LogP) is 2.76. The molecule has 2 aromatic heterocycles. The molecule has 2 aromatic rings. The summed E-state index contributed by atoms with van der Waals surface area (Å²) in [5.74, 6) is 0.689. The van der Waals surface area contributed by atoms with Crippen LogP contribution >= 0.6 is 22.7 Å². The lowest BCUT2D eigenvalue weighted by atomic mass is 10.1. The Balaban J connectivity index is 1.60. The zero-order valence-electron chi connectivity index (χ0n) is 9.91. The first-order valence-electron chi connectivity index (χ1n) is 6.02. The molecular weight excluding hydrogens is 264 g/mol. The molecular formula is C13H14N2OS2. The van der Waals surface area contributed by atoms with Crippen LogP contribution in [0.1, 0.15) is 22.2 Å². The molecule has 18 heavy (non-hydrogen) atoms. The smallest absolute Gasteiger partial charge is 0.227 e. The molecule has 1 aliphatic heterocycles. The van der Waals surface area contributed by atoms with Gasteiger partial charge in [-0.1, -0.05) is 6.07 Å². The van der Waals surface area contributed by atoms with Gasteiger partial charge in [0.2, 0.25) is 5.91 Å². The SMILES string of the molecule is O=C(Cc1cccs1)N1CCC(c2nccs2)C1. The molecule has 0 bridgehead atoms. The predicted molar refractivity (Wildman–Crippen MR) is 74.1 cm³/mol. The first-order valence-corrected chi connectivity index (χ1v) is 7.78. The molecule has 3 nitrogen and oxygen atoms in total. The molecule has 1 fully saturated rings. The summed E-state index contributed by atoms with van der Waals surface area (Å²) in [5, 5.41) is 5.19. The molecule has 0 aliphatic carbocycles. The summed E-state index contributed by atoms with van der Waals surface area (Å²) >= 11 is 3.34. The van der Waals surface area contributed by atoms with Crippen LogP contribution in [0.5, 0.6) is 0 Å². The molecule has 0 radical (unpaired) electrons. The summed E-state index contributed by atoms with van der Waals surface area (Å²) < 4.78 is 0. The molecule has 94 valence electrons. The van der Waals surface area contributed by atoms with E-state index in [1.807, 2.05) is 34.0 Å². The van der Waals surface area contributed by atoms with Gasteiger partial charge in [0.25, 0.3) is 0 Å². The number of thiazole rings is 1. The van der Waals surface area contributed by atoms with Gasteiger partial charge in [0.1, 0.15) is 0 Å². The standard InChI is InChI=1S/C13H14N2OS2/c16-12(8-11-2-1-6-17-11)15-5-3-10(9-15)13-14-4-7-18-13/h1-2,4,6-7,10H,3,5,8-9H2. The Kier molecular flexibility index (Phi) is 3.43. The third kappa shape index (κ3) is 2.47. The molecule has 0 aromatic carbocycles. The maximum Gasteiger partial charge on any atom is 0.227 e. The van der Waals surface area contributed by atoms with Gasteiger partial charge < -0.3 is 4.90 Å². The molecule has 0 saturated carbocycles. The van der Waals surface area contributed by atoms with Crippen molar-refractivity contribution in [2.24, 2.45) is 0 Å². The van der Waals surface area contributed by atoms with Crippen LogP contribution in [0.4, 0.5) is 0 Å². The second kappa shape index (κ2) is 5.20. The quantitative estimate of drug-likeness (QED) is 0.865. The van der Waals surface area contributed by atoms with Crippen LogP contribution in [0.3, 0.4) is 0 Å². The maximum atomic E-state index is 12.1. The van der Waals surface area contributed by atoms with E-state index in [9.17, 15) is 4.79 Å². The largest absolute Gasteiger partial charge is 0.342 e. The van der Waals surface area contributed by atoms with Crippen molar-refractivity contribution in [1.29, 1.82) is 0 Å². The highest BCUT2D eigenvalue weighted by Gasteiger charge is 2.28. The number of carbonyl (C=O) groups excluding carboxylic acids is 1. The lowest BCUT2D eigenvalue weighted by Gasteiger charge is -2.15. The van der Waals surface area contributed by atoms with Crippen molar-refractivity contribution in [3.8, 4) is 0 Å². The van der Waals surface area contributed by atoms with Crippen LogP contribution in [0.2, 0.25) is 0 Å². The molecule has 1 unspecified atom stereocenters. The molecule has 1 aliphatic rings. The number of amides is 1. The summed E-state index contributed by atoms with van der Waals surface area (Å²) in [4.78, 5) is 19.6. The maximum absolute atomic E-state index is 12.1. The van der Waals surface area contributed by atoms with E-state index in [1.165, 1.54) is 5.01 Å². The highest BCUT2D eigenvalue weighted by Crippen LogP contribution is 2.28. The van der Waals surface area contributed by atoms with Crippen molar-refractivity contribution in [3.05, 3.63) is 39.0 Å². The van der Waals surface area contributed by atoms with E-state index in [4.69, 9.17) is 0 Å². The molecule has 5 heteroatoms. The number of nitrogens with zero attached hydrogens (tertiary/aromatic N) is 2. The number of hydrogen-bond acceptors (Lipinski definition) is 4. The van der Waals surface area contributed by atoms with Gasteiger partial charge in [-0.15, -0.1) is 22.7 Å². The molecule has 0 spiro atoms. The number of thiophene rings is 1. The summed E-state index contributed by atoms with van der Waals surface area (Å²) in [6, 6.07) is 4.02. The Morgan fingerprint density at radius 1 is 1.44 bits per heavy atom. The zero-order valence-corrected chi connectivity index (χ0v) is 11.5. The summed E-state index contributed by atoms with van der Waals surface area (Å²) in [7, 11) is 0. The third-order valence-electron chi connectivity index (χ3n) is 3.25. The van der Waals surface area contributed by atoms with Crippen molar-refractivity contribution in [2.75, 3.05) is 13.1 Å². The van der Waals surface area contributed by atoms with Gasteiger partial charge in [-0.3, -0.25) is 4.79 Å². The second-order valence-electron chi connectivity index (χ2n) is 4.45. The summed E-state index contributed by atoms with van der Waals surface area (Å²) in [6.07, 6.45) is 3.43. The minimum absolute atomic E-state index is 0.247. The lowest BCUT2D eigenvalue weighted by molar-refractivity contribution is -0.129. The van der Waals surface area contributed by atoms with Gasteiger partial charge in [0.05, 0.1) is 11.4 Å². The Labute approximate surface area is 114 Å². The van der Waals surface area contributed by atoms with Crippen molar-refractivity contribution in [2.45, 2.75) is 18.8 Å². The van der Waals surface area contributed by atoms with Crippen molar-refractivity contribution in [1.82, 2.24) is 9.88 Å². The van der Waals surface area contributed by atoms with Gasteiger partial charge in [-0.2, -0.15) is 0 Å². The Morgan fingerprint density at radius 2 is 2.39 bits per heavy atom. The minimum atomic E-state index is 0.247. The normalized spacial score (nSPS) is 19.3. The van der Waals surface area contributed by atoms with Crippen molar-refractivity contribution < 1.29 is 4.79 Å². The van der Waals surface area contributed by atoms with Crippen molar-refractivity contribution >= 4 is 28.6 Å². The van der Waals surface area contributed by atoms with Crippen LogP contribution in [-0.4, -0.2) is 28.9 Å². The Morgan fingerprint density at radius 3 is 3.11 bits per heavy atom. The van der Waals surface area contributed by atoms with E-state index in [0.717, 1.165) is 24.4 Å². The number of rotatable bonds is 3. The average Bonchev–Trinajstić information content (AvgIpc) is 3.11. The van der Waals surface area contributed by atoms with E-state index < -0.39 is 0 Å². The first-order chi connectivity index (χ1) is 8.83. The molecule has 1 atom stereocenters. The highest BCUT2D eigenvalue weighted by atomic mass is 32.1. The van der Waals surface area contributed by atoms with Gasteiger partial charge in [0.15, 0.2) is 0 Å². The fourth-order valence-corrected chi connectivity index (χ4v) is 3.76. The minimum Gasteiger partial charge on any atom is -0.342 e. The Hall–Kier alpha value is -1.20. The van der Waals surface area contributed by atoms with E-state index in [0.29, 0.717) is 12.3 Å². The van der Waals surface area contributed by atoms with Gasteiger partial charge >= 0.3 is 0 Å².